The lowest BCUT2D eigenvalue weighted by Crippen LogP contribution is -1.99. The summed E-state index contributed by atoms with van der Waals surface area (Å²) < 4.78 is 5.81. The first-order valence-corrected chi connectivity index (χ1v) is 9.10. The van der Waals surface area contributed by atoms with Crippen molar-refractivity contribution in [2.45, 2.75) is 12.8 Å². The van der Waals surface area contributed by atoms with Crippen molar-refractivity contribution in [1.82, 2.24) is 9.97 Å². The van der Waals surface area contributed by atoms with Gasteiger partial charge in [-0.2, -0.15) is 0 Å². The van der Waals surface area contributed by atoms with Crippen molar-refractivity contribution in [1.29, 1.82) is 0 Å². The number of benzene rings is 3. The molecule has 0 fully saturated rings. The molecule has 4 aromatic rings. The predicted molar refractivity (Wildman–Crippen MR) is 108 cm³/mol. The molecular formula is C22H19N3O3. The minimum Gasteiger partial charge on any atom is -0.494 e. The molecule has 0 aliphatic heterocycles. The molecule has 0 bridgehead atoms. The third-order valence-corrected chi connectivity index (χ3v) is 4.53. The number of rotatable bonds is 7. The quantitative estimate of drug-likeness (QED) is 0.276. The number of non-ortho nitro benzene ring substituents is 1. The number of nitrogens with one attached hydrogen (secondary N) is 1. The highest BCUT2D eigenvalue weighted by Gasteiger charge is 2.10. The number of imidazole rings is 1. The van der Waals surface area contributed by atoms with Crippen molar-refractivity contribution in [3.63, 3.8) is 0 Å². The van der Waals surface area contributed by atoms with Gasteiger partial charge in [0.1, 0.15) is 11.6 Å². The first-order chi connectivity index (χ1) is 13.7. The Morgan fingerprint density at radius 1 is 1.00 bits per heavy atom. The van der Waals surface area contributed by atoms with Crippen LogP contribution in [0.1, 0.15) is 12.0 Å². The van der Waals surface area contributed by atoms with Gasteiger partial charge >= 0.3 is 0 Å². The van der Waals surface area contributed by atoms with Crippen LogP contribution in [0.15, 0.2) is 72.8 Å². The number of H-pyrrole nitrogens is 1. The van der Waals surface area contributed by atoms with Crippen LogP contribution in [0.4, 0.5) is 5.69 Å². The van der Waals surface area contributed by atoms with E-state index in [2.05, 4.69) is 22.1 Å². The second-order valence-corrected chi connectivity index (χ2v) is 6.51. The maximum absolute atomic E-state index is 10.9. The van der Waals surface area contributed by atoms with E-state index in [0.29, 0.717) is 23.5 Å². The summed E-state index contributed by atoms with van der Waals surface area (Å²) in [7, 11) is 0. The maximum Gasteiger partial charge on any atom is 0.271 e. The fraction of sp³-hybridized carbons (Fsp3) is 0.136. The normalized spacial score (nSPS) is 10.9. The molecule has 6 nitrogen and oxygen atoms in total. The Balaban J connectivity index is 1.39. The molecule has 0 radical (unpaired) electrons. The number of fused-ring (bicyclic) bond motifs is 1. The monoisotopic (exact) mass is 373 g/mol. The van der Waals surface area contributed by atoms with Gasteiger partial charge in [-0.3, -0.25) is 10.1 Å². The summed E-state index contributed by atoms with van der Waals surface area (Å²) in [6.45, 7) is 0.655. The van der Waals surface area contributed by atoms with Crippen LogP contribution in [-0.2, 0) is 6.42 Å². The molecule has 0 atom stereocenters. The highest BCUT2D eigenvalue weighted by atomic mass is 16.6. The highest BCUT2D eigenvalue weighted by molar-refractivity contribution is 5.81. The molecule has 0 spiro atoms. The van der Waals surface area contributed by atoms with Gasteiger partial charge < -0.3 is 9.72 Å². The SMILES string of the molecule is O=[N+]([O-])c1ccc2nc(-c3ccc(OCCCc4ccccc4)cc3)[nH]c2c1. The van der Waals surface area contributed by atoms with Crippen LogP contribution in [-0.4, -0.2) is 21.5 Å². The molecule has 0 saturated heterocycles. The van der Waals surface area contributed by atoms with Gasteiger partial charge in [0, 0.05) is 17.7 Å². The zero-order chi connectivity index (χ0) is 19.3. The zero-order valence-corrected chi connectivity index (χ0v) is 15.2. The standard InChI is InChI=1S/C22H19N3O3/c26-25(27)18-10-13-20-21(15-18)24-22(23-20)17-8-11-19(12-9-17)28-14-4-7-16-5-2-1-3-6-16/h1-3,5-6,8-13,15H,4,7,14H2,(H,23,24). The maximum atomic E-state index is 10.9. The molecule has 0 aliphatic carbocycles. The van der Waals surface area contributed by atoms with E-state index in [4.69, 9.17) is 4.74 Å². The van der Waals surface area contributed by atoms with E-state index in [0.717, 1.165) is 24.2 Å². The van der Waals surface area contributed by atoms with Gasteiger partial charge in [-0.1, -0.05) is 30.3 Å². The van der Waals surface area contributed by atoms with Crippen molar-refractivity contribution >= 4 is 16.7 Å². The molecule has 0 aliphatic rings. The number of hydrogen-bond donors (Lipinski definition) is 1. The Labute approximate surface area is 162 Å². The summed E-state index contributed by atoms with van der Waals surface area (Å²) >= 11 is 0. The van der Waals surface area contributed by atoms with E-state index >= 15 is 0 Å². The van der Waals surface area contributed by atoms with Gasteiger partial charge in [-0.05, 0) is 48.7 Å². The van der Waals surface area contributed by atoms with E-state index in [1.54, 1.807) is 6.07 Å². The number of hydrogen-bond acceptors (Lipinski definition) is 4. The Kier molecular flexibility index (Phi) is 5.01. The second-order valence-electron chi connectivity index (χ2n) is 6.51. The molecule has 0 amide bonds. The number of nitrogens with zero attached hydrogens (tertiary/aromatic N) is 2. The molecule has 1 aromatic heterocycles. The van der Waals surface area contributed by atoms with E-state index in [-0.39, 0.29) is 5.69 Å². The summed E-state index contributed by atoms with van der Waals surface area (Å²) in [4.78, 5) is 18.1. The van der Waals surface area contributed by atoms with E-state index in [9.17, 15) is 10.1 Å². The van der Waals surface area contributed by atoms with Crippen LogP contribution >= 0.6 is 0 Å². The minimum atomic E-state index is -0.413. The van der Waals surface area contributed by atoms with Crippen LogP contribution in [0.5, 0.6) is 5.75 Å². The third-order valence-electron chi connectivity index (χ3n) is 4.53. The summed E-state index contributed by atoms with van der Waals surface area (Å²) in [5.74, 6) is 1.48. The molecule has 6 heteroatoms. The van der Waals surface area contributed by atoms with Gasteiger partial charge in [0.05, 0.1) is 22.6 Å². The van der Waals surface area contributed by atoms with E-state index < -0.39 is 4.92 Å². The van der Waals surface area contributed by atoms with Crippen LogP contribution in [0.2, 0.25) is 0 Å². The van der Waals surface area contributed by atoms with Crippen LogP contribution in [0.25, 0.3) is 22.4 Å². The minimum absolute atomic E-state index is 0.0435. The fourth-order valence-corrected chi connectivity index (χ4v) is 3.07. The first-order valence-electron chi connectivity index (χ1n) is 9.10. The van der Waals surface area contributed by atoms with Crippen molar-refractivity contribution in [2.24, 2.45) is 0 Å². The number of ether oxygens (including phenoxy) is 1. The molecule has 4 rings (SSSR count). The lowest BCUT2D eigenvalue weighted by Gasteiger charge is -2.07. The van der Waals surface area contributed by atoms with Crippen molar-refractivity contribution in [3.05, 3.63) is 88.5 Å². The molecule has 1 N–H and O–H groups in total. The van der Waals surface area contributed by atoms with E-state index in [1.807, 2.05) is 42.5 Å². The third kappa shape index (κ3) is 4.01. The van der Waals surface area contributed by atoms with Gasteiger partial charge in [-0.15, -0.1) is 0 Å². The Bertz CT molecular complexity index is 1090. The van der Waals surface area contributed by atoms with Crippen LogP contribution in [0, 0.1) is 10.1 Å². The molecule has 140 valence electrons. The van der Waals surface area contributed by atoms with Crippen LogP contribution in [0.3, 0.4) is 0 Å². The van der Waals surface area contributed by atoms with Crippen LogP contribution < -0.4 is 4.74 Å². The topological polar surface area (TPSA) is 81.1 Å². The summed E-state index contributed by atoms with van der Waals surface area (Å²) in [5.41, 5.74) is 3.59. The Morgan fingerprint density at radius 2 is 1.79 bits per heavy atom. The fourth-order valence-electron chi connectivity index (χ4n) is 3.07. The lowest BCUT2D eigenvalue weighted by molar-refractivity contribution is -0.384. The average molecular weight is 373 g/mol. The number of aromatic nitrogens is 2. The van der Waals surface area contributed by atoms with Gasteiger partial charge in [-0.25, -0.2) is 4.98 Å². The smallest absolute Gasteiger partial charge is 0.271 e. The summed E-state index contributed by atoms with van der Waals surface area (Å²) in [6, 6.07) is 22.6. The molecule has 1 heterocycles. The lowest BCUT2D eigenvalue weighted by atomic mass is 10.1. The number of nitro groups is 1. The predicted octanol–water partition coefficient (Wildman–Crippen LogP) is 5.15. The average Bonchev–Trinajstić information content (AvgIpc) is 3.16. The number of aryl methyl sites for hydroxylation is 1. The highest BCUT2D eigenvalue weighted by Crippen LogP contribution is 2.25. The van der Waals surface area contributed by atoms with E-state index in [1.165, 1.54) is 17.7 Å². The Morgan fingerprint density at radius 3 is 2.54 bits per heavy atom. The molecular weight excluding hydrogens is 354 g/mol. The summed E-state index contributed by atoms with van der Waals surface area (Å²) in [5, 5.41) is 10.9. The van der Waals surface area contributed by atoms with Crippen molar-refractivity contribution in [3.8, 4) is 17.1 Å². The van der Waals surface area contributed by atoms with Gasteiger partial charge in [0.15, 0.2) is 0 Å². The molecule has 0 unspecified atom stereocenters. The van der Waals surface area contributed by atoms with Crippen molar-refractivity contribution in [2.75, 3.05) is 6.61 Å². The molecule has 0 saturated carbocycles. The van der Waals surface area contributed by atoms with Gasteiger partial charge in [0.25, 0.3) is 5.69 Å². The van der Waals surface area contributed by atoms with Crippen molar-refractivity contribution < 1.29 is 9.66 Å². The summed E-state index contributed by atoms with van der Waals surface area (Å²) in [6.07, 6.45) is 1.94. The Hall–Kier alpha value is -3.67. The second kappa shape index (κ2) is 7.92. The molecule has 28 heavy (non-hydrogen) atoms. The number of aromatic amines is 1. The first kappa shape index (κ1) is 17.7. The molecule has 3 aromatic carbocycles. The number of nitro benzene ring substituents is 1. The zero-order valence-electron chi connectivity index (χ0n) is 15.2. The largest absolute Gasteiger partial charge is 0.494 e. The van der Waals surface area contributed by atoms with Gasteiger partial charge in [0.2, 0.25) is 0 Å².